The standard InChI is InChI=1S/C13H19N3OS/c1-3-16(4-2)7-8-18-13-15-11-6-5-10(14)9-12(11)17-13/h5-6,9H,3-4,7-8,14H2,1-2H3. The summed E-state index contributed by atoms with van der Waals surface area (Å²) in [6.45, 7) is 7.58. The molecule has 1 aromatic carbocycles. The number of nitrogens with two attached hydrogens (primary N) is 1. The normalized spacial score (nSPS) is 11.5. The van der Waals surface area contributed by atoms with Crippen LogP contribution in [0.15, 0.2) is 27.8 Å². The van der Waals surface area contributed by atoms with E-state index in [-0.39, 0.29) is 0 Å². The van der Waals surface area contributed by atoms with Crippen molar-refractivity contribution < 1.29 is 4.42 Å². The van der Waals surface area contributed by atoms with Crippen LogP contribution < -0.4 is 5.73 Å². The van der Waals surface area contributed by atoms with Gasteiger partial charge < -0.3 is 15.1 Å². The monoisotopic (exact) mass is 265 g/mol. The number of oxazole rings is 1. The van der Waals surface area contributed by atoms with Gasteiger partial charge in [-0.3, -0.25) is 0 Å². The summed E-state index contributed by atoms with van der Waals surface area (Å²) in [5.74, 6) is 0.990. The molecule has 5 heteroatoms. The number of thioether (sulfide) groups is 1. The van der Waals surface area contributed by atoms with Crippen LogP contribution in [0.1, 0.15) is 13.8 Å². The first-order valence-electron chi connectivity index (χ1n) is 6.24. The van der Waals surface area contributed by atoms with Gasteiger partial charge in [-0.1, -0.05) is 25.6 Å². The third-order valence-corrected chi connectivity index (χ3v) is 3.73. The Bertz CT molecular complexity index is 508. The Morgan fingerprint density at radius 2 is 2.11 bits per heavy atom. The summed E-state index contributed by atoms with van der Waals surface area (Å²) >= 11 is 1.65. The molecule has 0 aliphatic heterocycles. The smallest absolute Gasteiger partial charge is 0.256 e. The Hall–Kier alpha value is -1.20. The molecule has 1 aromatic heterocycles. The highest BCUT2D eigenvalue weighted by Gasteiger charge is 2.07. The van der Waals surface area contributed by atoms with Gasteiger partial charge in [-0.15, -0.1) is 0 Å². The van der Waals surface area contributed by atoms with Crippen molar-refractivity contribution in [3.8, 4) is 0 Å². The number of hydrogen-bond donors (Lipinski definition) is 1. The maximum Gasteiger partial charge on any atom is 0.256 e. The lowest BCUT2D eigenvalue weighted by Crippen LogP contribution is -2.25. The van der Waals surface area contributed by atoms with Crippen molar-refractivity contribution >= 4 is 28.5 Å². The Morgan fingerprint density at radius 1 is 1.33 bits per heavy atom. The molecule has 0 radical (unpaired) electrons. The van der Waals surface area contributed by atoms with Crippen molar-refractivity contribution in [1.82, 2.24) is 9.88 Å². The highest BCUT2D eigenvalue weighted by Crippen LogP contribution is 2.24. The first-order chi connectivity index (χ1) is 8.72. The van der Waals surface area contributed by atoms with E-state index in [2.05, 4.69) is 23.7 Å². The second-order valence-corrected chi connectivity index (χ2v) is 5.13. The zero-order chi connectivity index (χ0) is 13.0. The van der Waals surface area contributed by atoms with E-state index in [1.807, 2.05) is 18.2 Å². The molecule has 0 aliphatic rings. The van der Waals surface area contributed by atoms with Gasteiger partial charge in [-0.2, -0.15) is 0 Å². The number of anilines is 1. The van der Waals surface area contributed by atoms with Crippen LogP contribution in [0.4, 0.5) is 5.69 Å². The van der Waals surface area contributed by atoms with Gasteiger partial charge in [0.15, 0.2) is 5.58 Å². The van der Waals surface area contributed by atoms with Gasteiger partial charge in [0, 0.05) is 24.1 Å². The number of benzene rings is 1. The fraction of sp³-hybridized carbons (Fsp3) is 0.462. The summed E-state index contributed by atoms with van der Waals surface area (Å²) in [5, 5.41) is 0.725. The summed E-state index contributed by atoms with van der Waals surface area (Å²) < 4.78 is 5.65. The Labute approximate surface area is 112 Å². The lowest BCUT2D eigenvalue weighted by molar-refractivity contribution is 0.323. The molecule has 0 atom stereocenters. The number of aromatic nitrogens is 1. The molecule has 4 nitrogen and oxygen atoms in total. The number of nitrogen functional groups attached to an aromatic ring is 1. The minimum absolute atomic E-state index is 0.707. The van der Waals surface area contributed by atoms with E-state index in [1.165, 1.54) is 0 Å². The van der Waals surface area contributed by atoms with Crippen molar-refractivity contribution in [2.45, 2.75) is 19.1 Å². The van der Waals surface area contributed by atoms with Gasteiger partial charge in [0.05, 0.1) is 0 Å². The van der Waals surface area contributed by atoms with Crippen LogP contribution in [0.2, 0.25) is 0 Å². The van der Waals surface area contributed by atoms with E-state index in [9.17, 15) is 0 Å². The molecule has 2 rings (SSSR count). The first-order valence-corrected chi connectivity index (χ1v) is 7.22. The summed E-state index contributed by atoms with van der Waals surface area (Å²) in [6.07, 6.45) is 0. The highest BCUT2D eigenvalue weighted by molar-refractivity contribution is 7.99. The van der Waals surface area contributed by atoms with Crippen molar-refractivity contribution in [2.24, 2.45) is 0 Å². The molecular formula is C13H19N3OS. The van der Waals surface area contributed by atoms with Crippen molar-refractivity contribution in [3.05, 3.63) is 18.2 Å². The van der Waals surface area contributed by atoms with E-state index < -0.39 is 0 Å². The van der Waals surface area contributed by atoms with E-state index >= 15 is 0 Å². The molecule has 0 saturated carbocycles. The summed E-state index contributed by atoms with van der Waals surface area (Å²) in [6, 6.07) is 5.55. The molecule has 0 spiro atoms. The molecule has 0 bridgehead atoms. The molecular weight excluding hydrogens is 246 g/mol. The average molecular weight is 265 g/mol. The van der Waals surface area contributed by atoms with Crippen molar-refractivity contribution in [2.75, 3.05) is 31.1 Å². The molecule has 1 heterocycles. The quantitative estimate of drug-likeness (QED) is 0.643. The van der Waals surface area contributed by atoms with Crippen LogP contribution in [0.25, 0.3) is 11.1 Å². The van der Waals surface area contributed by atoms with E-state index in [0.717, 1.165) is 41.7 Å². The van der Waals surface area contributed by atoms with Crippen LogP contribution in [-0.2, 0) is 0 Å². The molecule has 2 N–H and O–H groups in total. The van der Waals surface area contributed by atoms with Gasteiger partial charge in [0.1, 0.15) is 5.52 Å². The van der Waals surface area contributed by atoms with Crippen molar-refractivity contribution in [1.29, 1.82) is 0 Å². The zero-order valence-electron chi connectivity index (χ0n) is 10.8. The van der Waals surface area contributed by atoms with Gasteiger partial charge in [-0.25, -0.2) is 4.98 Å². The molecule has 0 aliphatic carbocycles. The molecule has 0 saturated heterocycles. The predicted molar refractivity (Wildman–Crippen MR) is 76.9 cm³/mol. The fourth-order valence-corrected chi connectivity index (χ4v) is 2.62. The topological polar surface area (TPSA) is 55.3 Å². The van der Waals surface area contributed by atoms with Gasteiger partial charge in [0.2, 0.25) is 0 Å². The largest absolute Gasteiger partial charge is 0.431 e. The first kappa shape index (κ1) is 13.2. The number of fused-ring (bicyclic) bond motifs is 1. The summed E-state index contributed by atoms with van der Waals surface area (Å²) in [5.41, 5.74) is 8.05. The molecule has 0 amide bonds. The average Bonchev–Trinajstić information content (AvgIpc) is 2.76. The second-order valence-electron chi connectivity index (χ2n) is 4.08. The minimum Gasteiger partial charge on any atom is -0.431 e. The van der Waals surface area contributed by atoms with Crippen LogP contribution >= 0.6 is 11.8 Å². The SMILES string of the molecule is CCN(CC)CCSc1nc2ccc(N)cc2o1. The van der Waals surface area contributed by atoms with E-state index in [1.54, 1.807) is 11.8 Å². The fourth-order valence-electron chi connectivity index (χ4n) is 1.78. The molecule has 98 valence electrons. The van der Waals surface area contributed by atoms with Gasteiger partial charge >= 0.3 is 0 Å². The second kappa shape index (κ2) is 6.11. The lowest BCUT2D eigenvalue weighted by atomic mass is 10.3. The minimum atomic E-state index is 0.707. The lowest BCUT2D eigenvalue weighted by Gasteiger charge is -2.16. The van der Waals surface area contributed by atoms with Gasteiger partial charge in [0.25, 0.3) is 5.22 Å². The third-order valence-electron chi connectivity index (χ3n) is 2.92. The highest BCUT2D eigenvalue weighted by atomic mass is 32.2. The van der Waals surface area contributed by atoms with Crippen LogP contribution in [0, 0.1) is 0 Å². The number of nitrogens with zero attached hydrogens (tertiary/aromatic N) is 2. The third kappa shape index (κ3) is 3.17. The molecule has 2 aromatic rings. The number of rotatable bonds is 6. The Morgan fingerprint density at radius 3 is 2.83 bits per heavy atom. The summed E-state index contributed by atoms with van der Waals surface area (Å²) in [4.78, 5) is 6.81. The molecule has 0 fully saturated rings. The van der Waals surface area contributed by atoms with Gasteiger partial charge in [-0.05, 0) is 25.2 Å². The number of hydrogen-bond acceptors (Lipinski definition) is 5. The maximum absolute atomic E-state index is 5.71. The summed E-state index contributed by atoms with van der Waals surface area (Å²) in [7, 11) is 0. The Kier molecular flexibility index (Phi) is 4.49. The Balaban J connectivity index is 1.95. The predicted octanol–water partition coefficient (Wildman–Crippen LogP) is 2.84. The van der Waals surface area contributed by atoms with Crippen LogP contribution in [0.3, 0.4) is 0 Å². The maximum atomic E-state index is 5.71. The van der Waals surface area contributed by atoms with Crippen molar-refractivity contribution in [3.63, 3.8) is 0 Å². The van der Waals surface area contributed by atoms with E-state index in [0.29, 0.717) is 5.69 Å². The zero-order valence-corrected chi connectivity index (χ0v) is 11.7. The van der Waals surface area contributed by atoms with E-state index in [4.69, 9.17) is 10.2 Å². The molecule has 0 unspecified atom stereocenters. The molecule has 18 heavy (non-hydrogen) atoms. The van der Waals surface area contributed by atoms with Crippen LogP contribution in [-0.4, -0.2) is 35.3 Å². The van der Waals surface area contributed by atoms with Crippen LogP contribution in [0.5, 0.6) is 0 Å².